The number of carbonyl (C=O) groups excluding carboxylic acids is 1. The minimum absolute atomic E-state index is 0.0559. The first-order valence-corrected chi connectivity index (χ1v) is 9.69. The maximum absolute atomic E-state index is 12.4. The van der Waals surface area contributed by atoms with Crippen LogP contribution in [-0.4, -0.2) is 22.8 Å². The summed E-state index contributed by atoms with van der Waals surface area (Å²) in [6.45, 7) is 6.86. The van der Waals surface area contributed by atoms with E-state index in [1.54, 1.807) is 25.3 Å². The van der Waals surface area contributed by atoms with E-state index in [2.05, 4.69) is 48.5 Å². The van der Waals surface area contributed by atoms with Gasteiger partial charge in [0.1, 0.15) is 5.75 Å². The van der Waals surface area contributed by atoms with Gasteiger partial charge in [0.05, 0.1) is 25.0 Å². The maximum atomic E-state index is 12.4. The van der Waals surface area contributed by atoms with E-state index < -0.39 is 0 Å². The summed E-state index contributed by atoms with van der Waals surface area (Å²) >= 11 is 0. The standard InChI is InChI=1S/C23H28N4O2/c1-15-5-7-18(8-6-15)14-27-17(3)20(16(2)26-27)10-12-23(28)25-19-9-11-22(29-4)21(24)13-19/h5-9,11,13H,10,12,14,24H2,1-4H3,(H,25,28). The summed E-state index contributed by atoms with van der Waals surface area (Å²) in [5, 5.41) is 7.57. The fourth-order valence-corrected chi connectivity index (χ4v) is 3.39. The molecule has 6 nitrogen and oxygen atoms in total. The lowest BCUT2D eigenvalue weighted by Gasteiger charge is -2.09. The molecule has 29 heavy (non-hydrogen) atoms. The van der Waals surface area contributed by atoms with Gasteiger partial charge >= 0.3 is 0 Å². The van der Waals surface area contributed by atoms with Crippen molar-refractivity contribution in [1.29, 1.82) is 0 Å². The largest absolute Gasteiger partial charge is 0.495 e. The van der Waals surface area contributed by atoms with Crippen LogP contribution in [0.5, 0.6) is 5.75 Å². The fraction of sp³-hybridized carbons (Fsp3) is 0.304. The van der Waals surface area contributed by atoms with Crippen molar-refractivity contribution in [3.8, 4) is 5.75 Å². The second-order valence-corrected chi connectivity index (χ2v) is 7.30. The second-order valence-electron chi connectivity index (χ2n) is 7.30. The number of hydrogen-bond donors (Lipinski definition) is 2. The monoisotopic (exact) mass is 392 g/mol. The van der Waals surface area contributed by atoms with Crippen molar-refractivity contribution in [3.63, 3.8) is 0 Å². The first-order valence-electron chi connectivity index (χ1n) is 9.69. The third-order valence-electron chi connectivity index (χ3n) is 5.10. The average Bonchev–Trinajstić information content (AvgIpc) is 2.95. The van der Waals surface area contributed by atoms with Crippen LogP contribution in [0.4, 0.5) is 11.4 Å². The molecule has 1 aromatic heterocycles. The van der Waals surface area contributed by atoms with Gasteiger partial charge in [-0.15, -0.1) is 0 Å². The van der Waals surface area contributed by atoms with Gasteiger partial charge in [-0.1, -0.05) is 29.8 Å². The normalized spacial score (nSPS) is 10.8. The summed E-state index contributed by atoms with van der Waals surface area (Å²) in [4.78, 5) is 12.4. The zero-order valence-corrected chi connectivity index (χ0v) is 17.5. The van der Waals surface area contributed by atoms with Crippen LogP contribution in [0.2, 0.25) is 0 Å². The Morgan fingerprint density at radius 3 is 2.52 bits per heavy atom. The number of nitrogens with zero attached hydrogens (tertiary/aromatic N) is 2. The molecule has 3 aromatic rings. The average molecular weight is 393 g/mol. The summed E-state index contributed by atoms with van der Waals surface area (Å²) in [5.41, 5.74) is 12.7. The van der Waals surface area contributed by atoms with Gasteiger partial charge in [0.2, 0.25) is 5.91 Å². The topological polar surface area (TPSA) is 82.2 Å². The number of carbonyl (C=O) groups is 1. The quantitative estimate of drug-likeness (QED) is 0.595. The molecule has 0 aliphatic rings. The Balaban J connectivity index is 1.63. The first-order chi connectivity index (χ1) is 13.9. The number of amides is 1. The number of hydrogen-bond acceptors (Lipinski definition) is 4. The Kier molecular flexibility index (Phi) is 6.22. The van der Waals surface area contributed by atoms with Crippen LogP contribution in [-0.2, 0) is 17.8 Å². The van der Waals surface area contributed by atoms with Crippen molar-refractivity contribution >= 4 is 17.3 Å². The van der Waals surface area contributed by atoms with E-state index in [-0.39, 0.29) is 5.91 Å². The molecule has 2 aromatic carbocycles. The molecule has 0 bridgehead atoms. The highest BCUT2D eigenvalue weighted by Gasteiger charge is 2.14. The van der Waals surface area contributed by atoms with Crippen molar-refractivity contribution < 1.29 is 9.53 Å². The highest BCUT2D eigenvalue weighted by atomic mass is 16.5. The number of rotatable bonds is 7. The highest BCUT2D eigenvalue weighted by Crippen LogP contribution is 2.25. The molecule has 152 valence electrons. The van der Waals surface area contributed by atoms with E-state index in [1.807, 2.05) is 11.6 Å². The Morgan fingerprint density at radius 1 is 1.14 bits per heavy atom. The molecule has 0 aliphatic heterocycles. The third-order valence-corrected chi connectivity index (χ3v) is 5.10. The van der Waals surface area contributed by atoms with Gasteiger partial charge < -0.3 is 15.8 Å². The highest BCUT2D eigenvalue weighted by molar-refractivity contribution is 5.91. The van der Waals surface area contributed by atoms with Crippen molar-refractivity contribution in [2.45, 2.75) is 40.2 Å². The van der Waals surface area contributed by atoms with E-state index in [9.17, 15) is 4.79 Å². The number of aromatic nitrogens is 2. The van der Waals surface area contributed by atoms with Crippen molar-refractivity contribution in [3.05, 3.63) is 70.5 Å². The number of aryl methyl sites for hydroxylation is 2. The van der Waals surface area contributed by atoms with E-state index in [1.165, 1.54) is 11.1 Å². The van der Waals surface area contributed by atoms with E-state index in [4.69, 9.17) is 10.5 Å². The molecule has 3 rings (SSSR count). The zero-order valence-electron chi connectivity index (χ0n) is 17.5. The van der Waals surface area contributed by atoms with Crippen LogP contribution in [0.1, 0.15) is 34.5 Å². The number of nitrogen functional groups attached to an aromatic ring is 1. The van der Waals surface area contributed by atoms with Crippen molar-refractivity contribution in [1.82, 2.24) is 9.78 Å². The first kappa shape index (κ1) is 20.5. The third kappa shape index (κ3) is 4.96. The molecule has 6 heteroatoms. The van der Waals surface area contributed by atoms with E-state index in [0.717, 1.165) is 23.5 Å². The minimum Gasteiger partial charge on any atom is -0.495 e. The molecule has 0 saturated heterocycles. The van der Waals surface area contributed by atoms with E-state index >= 15 is 0 Å². The second kappa shape index (κ2) is 8.82. The van der Waals surface area contributed by atoms with Crippen LogP contribution in [0.15, 0.2) is 42.5 Å². The lowest BCUT2D eigenvalue weighted by molar-refractivity contribution is -0.116. The van der Waals surface area contributed by atoms with Crippen molar-refractivity contribution in [2.24, 2.45) is 0 Å². The minimum atomic E-state index is -0.0559. The lowest BCUT2D eigenvalue weighted by atomic mass is 10.1. The van der Waals surface area contributed by atoms with E-state index in [0.29, 0.717) is 30.0 Å². The maximum Gasteiger partial charge on any atom is 0.224 e. The van der Waals surface area contributed by atoms with Gasteiger partial charge in [-0.2, -0.15) is 5.10 Å². The molecule has 0 fully saturated rings. The summed E-state index contributed by atoms with van der Waals surface area (Å²) in [7, 11) is 1.56. The number of methoxy groups -OCH3 is 1. The van der Waals surface area contributed by atoms with Gasteiger partial charge in [0.15, 0.2) is 0 Å². The molecule has 0 saturated carbocycles. The molecular formula is C23H28N4O2. The molecule has 0 radical (unpaired) electrons. The predicted octanol–water partition coefficient (Wildman–Crippen LogP) is 4.02. The lowest BCUT2D eigenvalue weighted by Crippen LogP contribution is -2.13. The predicted molar refractivity (Wildman–Crippen MR) is 116 cm³/mol. The smallest absolute Gasteiger partial charge is 0.224 e. The molecule has 1 amide bonds. The SMILES string of the molecule is COc1ccc(NC(=O)CCc2c(C)nn(Cc3ccc(C)cc3)c2C)cc1N. The van der Waals surface area contributed by atoms with Crippen molar-refractivity contribution in [2.75, 3.05) is 18.2 Å². The fourth-order valence-electron chi connectivity index (χ4n) is 3.39. The Hall–Kier alpha value is -3.28. The molecule has 0 unspecified atom stereocenters. The Morgan fingerprint density at radius 2 is 1.86 bits per heavy atom. The zero-order chi connectivity index (χ0) is 21.0. The van der Waals surface area contributed by atoms with Gasteiger partial charge in [-0.05, 0) is 56.5 Å². The van der Waals surface area contributed by atoms with Crippen LogP contribution in [0, 0.1) is 20.8 Å². The number of anilines is 2. The number of ether oxygens (including phenoxy) is 1. The van der Waals surface area contributed by atoms with Gasteiger partial charge in [0.25, 0.3) is 0 Å². The summed E-state index contributed by atoms with van der Waals surface area (Å²) in [5.74, 6) is 0.537. The number of benzene rings is 2. The van der Waals surface area contributed by atoms with Crippen LogP contribution < -0.4 is 15.8 Å². The molecule has 0 spiro atoms. The molecular weight excluding hydrogens is 364 g/mol. The molecule has 1 heterocycles. The number of nitrogens with two attached hydrogens (primary N) is 1. The van der Waals surface area contributed by atoms with Gasteiger partial charge in [-0.3, -0.25) is 9.48 Å². The molecule has 0 aliphatic carbocycles. The molecule has 0 atom stereocenters. The van der Waals surface area contributed by atoms with Crippen LogP contribution in [0.3, 0.4) is 0 Å². The van der Waals surface area contributed by atoms with Crippen LogP contribution >= 0.6 is 0 Å². The number of nitrogens with one attached hydrogen (secondary N) is 1. The Bertz CT molecular complexity index is 1010. The van der Waals surface area contributed by atoms with Gasteiger partial charge in [-0.25, -0.2) is 0 Å². The molecule has 3 N–H and O–H groups in total. The summed E-state index contributed by atoms with van der Waals surface area (Å²) in [6.07, 6.45) is 1.02. The van der Waals surface area contributed by atoms with Crippen LogP contribution in [0.25, 0.3) is 0 Å². The van der Waals surface area contributed by atoms with Gasteiger partial charge in [0, 0.05) is 17.8 Å². The summed E-state index contributed by atoms with van der Waals surface area (Å²) < 4.78 is 7.15. The summed E-state index contributed by atoms with van der Waals surface area (Å²) in [6, 6.07) is 13.7. The Labute approximate surface area is 171 Å².